The van der Waals surface area contributed by atoms with Gasteiger partial charge in [0.05, 0.1) is 5.71 Å². The van der Waals surface area contributed by atoms with Crippen LogP contribution in [-0.2, 0) is 0 Å². The zero-order chi connectivity index (χ0) is 8.93. The molecule has 66 valence electrons. The van der Waals surface area contributed by atoms with Gasteiger partial charge in [0.1, 0.15) is 0 Å². The third-order valence-electron chi connectivity index (χ3n) is 3.82. The van der Waals surface area contributed by atoms with E-state index in [2.05, 4.69) is 25.6 Å². The number of oxime groups is 1. The van der Waals surface area contributed by atoms with Gasteiger partial charge >= 0.3 is 0 Å². The summed E-state index contributed by atoms with van der Waals surface area (Å²) in [7, 11) is 0. The van der Waals surface area contributed by atoms with E-state index in [1.54, 1.807) is 0 Å². The lowest BCUT2D eigenvalue weighted by molar-refractivity contribution is 0.000700. The number of allylic oxidation sites excluding steroid dienone is 1. The zero-order valence-corrected chi connectivity index (χ0v) is 7.67. The van der Waals surface area contributed by atoms with E-state index >= 15 is 0 Å². The Labute approximate surface area is 73.0 Å². The third kappa shape index (κ3) is 0.728. The Bertz CT molecular complexity index is 265. The summed E-state index contributed by atoms with van der Waals surface area (Å²) < 4.78 is 0. The average molecular weight is 165 g/mol. The molecule has 0 amide bonds. The van der Waals surface area contributed by atoms with Crippen molar-refractivity contribution in [2.24, 2.45) is 22.4 Å². The molecule has 2 nitrogen and oxygen atoms in total. The first kappa shape index (κ1) is 7.84. The van der Waals surface area contributed by atoms with E-state index in [1.807, 2.05) is 0 Å². The monoisotopic (exact) mass is 165 g/mol. The first-order valence-electron chi connectivity index (χ1n) is 4.47. The van der Waals surface area contributed by atoms with E-state index in [9.17, 15) is 0 Å². The minimum absolute atomic E-state index is 0.394. The molecule has 0 heterocycles. The van der Waals surface area contributed by atoms with Gasteiger partial charge < -0.3 is 5.21 Å². The van der Waals surface area contributed by atoms with Crippen LogP contribution in [0.5, 0.6) is 0 Å². The molecule has 12 heavy (non-hydrogen) atoms. The first-order chi connectivity index (χ1) is 5.57. The van der Waals surface area contributed by atoms with Crippen molar-refractivity contribution in [3.05, 3.63) is 12.2 Å². The highest BCUT2D eigenvalue weighted by Crippen LogP contribution is 2.59. The van der Waals surface area contributed by atoms with Gasteiger partial charge in [0.25, 0.3) is 0 Å². The predicted molar refractivity (Wildman–Crippen MR) is 48.4 cm³/mol. The van der Waals surface area contributed by atoms with Gasteiger partial charge in [-0.3, -0.25) is 0 Å². The summed E-state index contributed by atoms with van der Waals surface area (Å²) in [4.78, 5) is 0. The summed E-state index contributed by atoms with van der Waals surface area (Å²) in [5.41, 5.74) is 2.28. The molecular formula is C10H15NO. The molecule has 2 heteroatoms. The maximum atomic E-state index is 8.70. The van der Waals surface area contributed by atoms with Gasteiger partial charge in [-0.1, -0.05) is 25.6 Å². The smallest absolute Gasteiger partial charge is 0.0827 e. The van der Waals surface area contributed by atoms with Crippen LogP contribution in [0, 0.1) is 17.3 Å². The fourth-order valence-electron chi connectivity index (χ4n) is 2.62. The van der Waals surface area contributed by atoms with Gasteiger partial charge in [-0.2, -0.15) is 0 Å². The van der Waals surface area contributed by atoms with E-state index in [4.69, 9.17) is 5.21 Å². The quantitative estimate of drug-likeness (QED) is 0.434. The van der Waals surface area contributed by atoms with Gasteiger partial charge in [0.2, 0.25) is 0 Å². The predicted octanol–water partition coefficient (Wildman–Crippen LogP) is 2.44. The maximum Gasteiger partial charge on any atom is 0.0827 e. The molecule has 0 spiro atoms. The Kier molecular flexibility index (Phi) is 1.39. The number of hydrogen-bond acceptors (Lipinski definition) is 2. The molecule has 0 aromatic carbocycles. The molecule has 2 bridgehead atoms. The van der Waals surface area contributed by atoms with E-state index in [0.29, 0.717) is 17.3 Å². The van der Waals surface area contributed by atoms with Gasteiger partial charge in [-0.25, -0.2) is 0 Å². The molecule has 2 unspecified atom stereocenters. The highest BCUT2D eigenvalue weighted by Gasteiger charge is 2.53. The van der Waals surface area contributed by atoms with E-state index in [-0.39, 0.29) is 0 Å². The molecule has 0 aromatic rings. The van der Waals surface area contributed by atoms with Gasteiger partial charge in [0.15, 0.2) is 0 Å². The Hall–Kier alpha value is -0.790. The van der Waals surface area contributed by atoms with Crippen molar-refractivity contribution in [3.8, 4) is 0 Å². The van der Waals surface area contributed by atoms with Crippen molar-refractivity contribution >= 4 is 5.71 Å². The van der Waals surface area contributed by atoms with Gasteiger partial charge in [0, 0.05) is 0 Å². The highest BCUT2D eigenvalue weighted by atomic mass is 16.4. The lowest BCUT2D eigenvalue weighted by atomic mass is 9.47. The highest BCUT2D eigenvalue weighted by molar-refractivity contribution is 6.01. The van der Waals surface area contributed by atoms with Crippen LogP contribution in [0.3, 0.4) is 0 Å². The topological polar surface area (TPSA) is 32.6 Å². The molecule has 0 aromatic heterocycles. The molecule has 0 aliphatic heterocycles. The lowest BCUT2D eigenvalue weighted by Gasteiger charge is -2.57. The first-order valence-corrected chi connectivity index (χ1v) is 4.47. The molecule has 1 N–H and O–H groups in total. The standard InChI is InChI=1S/C10H15NO/c1-6-8-4-7(10(8,2)3)5-9(6)11-12/h7-8,12H,1,4-5H2,2-3H3/b11-9+. The van der Waals surface area contributed by atoms with Crippen molar-refractivity contribution < 1.29 is 5.21 Å². The SMILES string of the molecule is C=C1/C(=N/O)CC2CC1C2(C)C. The molecule has 2 atom stereocenters. The minimum atomic E-state index is 0.394. The van der Waals surface area contributed by atoms with Crippen LogP contribution in [0.1, 0.15) is 26.7 Å². The number of nitrogens with zero attached hydrogens (tertiary/aromatic N) is 1. The lowest BCUT2D eigenvalue weighted by Crippen LogP contribution is -2.52. The summed E-state index contributed by atoms with van der Waals surface area (Å²) in [6, 6.07) is 0. The molecule has 0 saturated heterocycles. The van der Waals surface area contributed by atoms with Crippen LogP contribution in [0.4, 0.5) is 0 Å². The second-order valence-electron chi connectivity index (χ2n) is 4.58. The van der Waals surface area contributed by atoms with Crippen LogP contribution in [0.15, 0.2) is 17.3 Å². The fourth-order valence-corrected chi connectivity index (χ4v) is 2.62. The Morgan fingerprint density at radius 3 is 2.67 bits per heavy atom. The second kappa shape index (κ2) is 2.12. The van der Waals surface area contributed by atoms with Gasteiger partial charge in [-0.05, 0) is 35.7 Å². The maximum absolute atomic E-state index is 8.70. The van der Waals surface area contributed by atoms with Crippen LogP contribution < -0.4 is 0 Å². The fraction of sp³-hybridized carbons (Fsp3) is 0.700. The minimum Gasteiger partial charge on any atom is -0.411 e. The summed E-state index contributed by atoms with van der Waals surface area (Å²) in [6.45, 7) is 8.56. The van der Waals surface area contributed by atoms with E-state index in [0.717, 1.165) is 17.7 Å². The normalized spacial score (nSPS) is 41.2. The third-order valence-corrected chi connectivity index (χ3v) is 3.82. The van der Waals surface area contributed by atoms with Crippen LogP contribution >= 0.6 is 0 Å². The van der Waals surface area contributed by atoms with E-state index in [1.165, 1.54) is 6.42 Å². The summed E-state index contributed by atoms with van der Waals surface area (Å²) in [5.74, 6) is 1.26. The largest absolute Gasteiger partial charge is 0.411 e. The van der Waals surface area contributed by atoms with Crippen molar-refractivity contribution in [2.45, 2.75) is 26.7 Å². The van der Waals surface area contributed by atoms with Crippen LogP contribution in [0.25, 0.3) is 0 Å². The summed E-state index contributed by atoms with van der Waals surface area (Å²) in [5, 5.41) is 12.0. The van der Waals surface area contributed by atoms with E-state index < -0.39 is 0 Å². The molecule has 3 fully saturated rings. The summed E-state index contributed by atoms with van der Waals surface area (Å²) >= 11 is 0. The molecule has 0 radical (unpaired) electrons. The van der Waals surface area contributed by atoms with Crippen molar-refractivity contribution in [1.82, 2.24) is 0 Å². The molecule has 3 saturated carbocycles. The Balaban J connectivity index is 2.28. The zero-order valence-electron chi connectivity index (χ0n) is 7.67. The van der Waals surface area contributed by atoms with Crippen molar-refractivity contribution in [3.63, 3.8) is 0 Å². The Morgan fingerprint density at radius 2 is 2.25 bits per heavy atom. The van der Waals surface area contributed by atoms with Gasteiger partial charge in [-0.15, -0.1) is 0 Å². The molecule has 3 aliphatic carbocycles. The number of rotatable bonds is 0. The average Bonchev–Trinajstić information content (AvgIpc) is 2.03. The number of hydrogen-bond donors (Lipinski definition) is 1. The number of fused-ring (bicyclic) bond motifs is 2. The van der Waals surface area contributed by atoms with Crippen molar-refractivity contribution in [2.75, 3.05) is 0 Å². The second-order valence-corrected chi connectivity index (χ2v) is 4.58. The molecule has 3 rings (SSSR count). The molecular weight excluding hydrogens is 150 g/mol. The summed E-state index contributed by atoms with van der Waals surface area (Å²) in [6.07, 6.45) is 2.16. The molecule has 3 aliphatic rings. The van der Waals surface area contributed by atoms with Crippen molar-refractivity contribution in [1.29, 1.82) is 0 Å². The van der Waals surface area contributed by atoms with Crippen LogP contribution in [-0.4, -0.2) is 10.9 Å². The van der Waals surface area contributed by atoms with Crippen LogP contribution in [0.2, 0.25) is 0 Å². The Morgan fingerprint density at radius 1 is 1.58 bits per heavy atom.